The van der Waals surface area contributed by atoms with Crippen molar-refractivity contribution in [2.75, 3.05) is 52.4 Å². The van der Waals surface area contributed by atoms with Crippen LogP contribution in [0.1, 0.15) is 55.4 Å². The van der Waals surface area contributed by atoms with Gasteiger partial charge in [-0.1, -0.05) is 55.4 Å². The van der Waals surface area contributed by atoms with Crippen LogP contribution in [0, 0.1) is 0 Å². The maximum absolute atomic E-state index is 7.18. The fourth-order valence-electron chi connectivity index (χ4n) is 3.88. The number of rotatable bonds is 13. The zero-order valence-electron chi connectivity index (χ0n) is 20.7. The van der Waals surface area contributed by atoms with Crippen LogP contribution in [0.4, 0.5) is 0 Å². The van der Waals surface area contributed by atoms with Gasteiger partial charge in [0.25, 0.3) is 7.51 Å². The maximum Gasteiger partial charge on any atom is 0.267 e. The molecule has 1 heterocycles. The molecule has 0 radical (unpaired) electrons. The largest absolute Gasteiger partial charge is 0.267 e. The molecule has 0 bridgehead atoms. The van der Waals surface area contributed by atoms with Crippen LogP contribution < -0.4 is 5.50 Å². The molecule has 0 unspecified atom stereocenters. The van der Waals surface area contributed by atoms with Gasteiger partial charge in [-0.15, -0.1) is 0 Å². The Morgan fingerprint density at radius 1 is 0.625 bits per heavy atom. The molecule has 1 aliphatic rings. The summed E-state index contributed by atoms with van der Waals surface area (Å²) in [6, 6.07) is 0. The summed E-state index contributed by atoms with van der Waals surface area (Å²) in [5.41, 5.74) is 7.18. The maximum atomic E-state index is 7.18. The molecule has 1 aliphatic heterocycles. The molecule has 0 aromatic heterocycles. The lowest BCUT2D eigenvalue weighted by molar-refractivity contribution is 0.413. The first-order valence-corrected chi connectivity index (χ1v) is 20.7. The van der Waals surface area contributed by atoms with Crippen LogP contribution in [0.2, 0.25) is 0 Å². The zero-order chi connectivity index (χ0) is 24.8. The van der Waals surface area contributed by atoms with Crippen LogP contribution in [0.25, 0.3) is 0 Å². The van der Waals surface area contributed by atoms with Crippen LogP contribution in [-0.4, -0.2) is 71.0 Å². The van der Waals surface area contributed by atoms with E-state index < -0.39 is 27.6 Å². The molecule has 9 nitrogen and oxygen atoms in total. The smallest absolute Gasteiger partial charge is 0.267 e. The van der Waals surface area contributed by atoms with E-state index in [2.05, 4.69) is 74.1 Å². The summed E-state index contributed by atoms with van der Waals surface area (Å²) in [5, 5.41) is -3.14. The van der Waals surface area contributed by atoms with Crippen molar-refractivity contribution < 1.29 is 0 Å². The third-order valence-corrected chi connectivity index (χ3v) is 20.4. The lowest BCUT2D eigenvalue weighted by Crippen LogP contribution is -2.34. The summed E-state index contributed by atoms with van der Waals surface area (Å²) in [6.45, 7) is 22.8. The molecule has 0 fully saturated rings. The fraction of sp³-hybridized carbons (Fsp3) is 1.00. The average Bonchev–Trinajstić information content (AvgIpc) is 2.69. The van der Waals surface area contributed by atoms with Crippen molar-refractivity contribution >= 4 is 61.4 Å². The molecular weight excluding hydrogens is 548 g/mol. The Morgan fingerprint density at radius 3 is 1.31 bits per heavy atom. The molecule has 0 aliphatic carbocycles. The second-order valence-electron chi connectivity index (χ2n) is 7.02. The van der Waals surface area contributed by atoms with Gasteiger partial charge in [-0.05, 0) is 33.7 Å². The summed E-state index contributed by atoms with van der Waals surface area (Å²) in [6.07, 6.45) is 0. The SMILES string of the molecule is CCN(CC)P1(N(CC)CC)=N[P@@](N)(N(CC)CC)=N[P@@](N=P(Cl)(Cl)Cl)(N(CC)CC)=N1. The first kappa shape index (κ1) is 31.6. The Kier molecular flexibility index (Phi) is 13.1. The van der Waals surface area contributed by atoms with Crippen molar-refractivity contribution in [3.05, 3.63) is 0 Å². The first-order valence-electron chi connectivity index (χ1n) is 11.4. The van der Waals surface area contributed by atoms with E-state index in [0.717, 1.165) is 39.3 Å². The van der Waals surface area contributed by atoms with Gasteiger partial charge in [0.05, 0.1) is 0 Å². The summed E-state index contributed by atoms with van der Waals surface area (Å²) in [4.78, 5) is 0. The van der Waals surface area contributed by atoms with E-state index in [4.69, 9.17) is 57.3 Å². The minimum absolute atomic E-state index is 0.681. The molecule has 32 heavy (non-hydrogen) atoms. The van der Waals surface area contributed by atoms with Gasteiger partial charge in [-0.3, -0.25) is 5.50 Å². The van der Waals surface area contributed by atoms with Gasteiger partial charge in [-0.2, -0.15) is 18.1 Å². The fourth-order valence-corrected chi connectivity index (χ4v) is 21.4. The predicted molar refractivity (Wildman–Crippen MR) is 151 cm³/mol. The van der Waals surface area contributed by atoms with Crippen molar-refractivity contribution in [2.24, 2.45) is 23.6 Å². The van der Waals surface area contributed by atoms with Crippen LogP contribution in [0.15, 0.2) is 18.1 Å². The normalized spacial score (nSPS) is 25.8. The second-order valence-corrected chi connectivity index (χ2v) is 22.3. The third-order valence-electron chi connectivity index (χ3n) is 5.44. The molecule has 16 heteroatoms. The van der Waals surface area contributed by atoms with Gasteiger partial charge in [-0.25, -0.2) is 18.7 Å². The molecular formula is C16H42Cl3N9P4. The first-order chi connectivity index (χ1) is 14.9. The summed E-state index contributed by atoms with van der Waals surface area (Å²) >= 11 is 19.2. The highest BCUT2D eigenvalue weighted by atomic mass is 36.0. The highest BCUT2D eigenvalue weighted by molar-refractivity contribution is 8.27. The van der Waals surface area contributed by atoms with E-state index >= 15 is 0 Å². The standard InChI is InChI=1S/C16H42Cl3N9P4/c1-9-25(10-2)30(20)22-31(21-29(17,18)19,26(11-3)12-4)24-32(23-30,27(13-5)14-6)28(15-7)16-8/h9-16,20H2,1-8H3/t30-,31+/m0/s1. The van der Waals surface area contributed by atoms with E-state index in [1.165, 1.54) is 0 Å². The van der Waals surface area contributed by atoms with E-state index in [0.29, 0.717) is 13.1 Å². The Bertz CT molecular complexity index is 804. The molecule has 0 aromatic carbocycles. The average molecular weight is 591 g/mol. The molecule has 2 atom stereocenters. The van der Waals surface area contributed by atoms with Crippen LogP contribution in [0.3, 0.4) is 0 Å². The molecule has 2 N–H and O–H groups in total. The van der Waals surface area contributed by atoms with Crippen molar-refractivity contribution in [3.63, 3.8) is 0 Å². The van der Waals surface area contributed by atoms with Crippen LogP contribution in [-0.2, 0) is 0 Å². The number of hydrogen-bond acceptors (Lipinski definition) is 9. The van der Waals surface area contributed by atoms with Gasteiger partial charge in [0.2, 0.25) is 20.1 Å². The van der Waals surface area contributed by atoms with Crippen molar-refractivity contribution in [1.29, 1.82) is 0 Å². The summed E-state index contributed by atoms with van der Waals surface area (Å²) < 4.78 is 29.9. The minimum Gasteiger partial charge on any atom is -0.267 e. The number of halogens is 3. The van der Waals surface area contributed by atoms with Crippen LogP contribution in [0.5, 0.6) is 0 Å². The molecule has 0 amide bonds. The quantitative estimate of drug-likeness (QED) is 0.217. The zero-order valence-corrected chi connectivity index (χ0v) is 26.6. The summed E-state index contributed by atoms with van der Waals surface area (Å²) in [7, 11) is -8.46. The van der Waals surface area contributed by atoms with Crippen molar-refractivity contribution in [3.8, 4) is 0 Å². The third kappa shape index (κ3) is 6.87. The molecule has 0 saturated carbocycles. The highest BCUT2D eigenvalue weighted by Crippen LogP contribution is 2.84. The van der Waals surface area contributed by atoms with E-state index in [9.17, 15) is 0 Å². The highest BCUT2D eigenvalue weighted by Gasteiger charge is 2.45. The molecule has 0 spiro atoms. The van der Waals surface area contributed by atoms with Gasteiger partial charge in [0, 0.05) is 52.4 Å². The van der Waals surface area contributed by atoms with E-state index in [1.807, 2.05) is 0 Å². The predicted octanol–water partition coefficient (Wildman–Crippen LogP) is 8.83. The van der Waals surface area contributed by atoms with E-state index in [-0.39, 0.29) is 0 Å². The second kappa shape index (κ2) is 13.2. The van der Waals surface area contributed by atoms with Crippen molar-refractivity contribution in [1.82, 2.24) is 18.7 Å². The van der Waals surface area contributed by atoms with Gasteiger partial charge in [0.15, 0.2) is 0 Å². The Morgan fingerprint density at radius 2 is 1.00 bits per heavy atom. The van der Waals surface area contributed by atoms with Crippen molar-refractivity contribution in [2.45, 2.75) is 55.4 Å². The summed E-state index contributed by atoms with van der Waals surface area (Å²) in [5.74, 6) is 0. The Balaban J connectivity index is 4.44. The number of nitrogens with two attached hydrogens (primary N) is 1. The van der Waals surface area contributed by atoms with Gasteiger partial charge >= 0.3 is 0 Å². The number of hydrogen-bond donors (Lipinski definition) is 1. The molecule has 1 rings (SSSR count). The van der Waals surface area contributed by atoms with E-state index in [1.54, 1.807) is 0 Å². The molecule has 0 aromatic rings. The molecule has 192 valence electrons. The Hall–Kier alpha value is 1.59. The monoisotopic (exact) mass is 589 g/mol. The number of nitrogens with zero attached hydrogens (tertiary/aromatic N) is 8. The lowest BCUT2D eigenvalue weighted by Gasteiger charge is -2.46. The topological polar surface area (TPSA) is 88.4 Å². The molecule has 0 saturated heterocycles. The van der Waals surface area contributed by atoms with Gasteiger partial charge in [0.1, 0.15) is 0 Å². The lowest BCUT2D eigenvalue weighted by atomic mass is 10.7. The van der Waals surface area contributed by atoms with Crippen LogP contribution >= 0.6 is 61.4 Å². The van der Waals surface area contributed by atoms with Gasteiger partial charge < -0.3 is 0 Å². The Labute approximate surface area is 210 Å². The minimum atomic E-state index is -3.14.